The van der Waals surface area contributed by atoms with Gasteiger partial charge in [-0.2, -0.15) is 0 Å². The molecule has 0 saturated heterocycles. The Kier molecular flexibility index (Phi) is 5.18. The Hall–Kier alpha value is -0.910. The second kappa shape index (κ2) is 6.70. The van der Waals surface area contributed by atoms with Crippen LogP contribution in [-0.4, -0.2) is 26.2 Å². The van der Waals surface area contributed by atoms with Crippen molar-refractivity contribution in [2.75, 3.05) is 6.61 Å². The van der Waals surface area contributed by atoms with Gasteiger partial charge >= 0.3 is 0 Å². The Balaban J connectivity index is 2.13. The predicted molar refractivity (Wildman–Crippen MR) is 79.2 cm³/mol. The molecular weight excluding hydrogens is 274 g/mol. The summed E-state index contributed by atoms with van der Waals surface area (Å²) in [5.41, 5.74) is 2.45. The summed E-state index contributed by atoms with van der Waals surface area (Å²) in [6.45, 7) is 1.91. The van der Waals surface area contributed by atoms with E-state index in [4.69, 9.17) is 5.11 Å². The Morgan fingerprint density at radius 3 is 2.65 bits per heavy atom. The zero-order valence-electron chi connectivity index (χ0n) is 11.9. The van der Waals surface area contributed by atoms with Crippen LogP contribution in [0.1, 0.15) is 43.7 Å². The normalized spacial score (nSPS) is 16.7. The van der Waals surface area contributed by atoms with Crippen molar-refractivity contribution in [2.24, 2.45) is 0 Å². The summed E-state index contributed by atoms with van der Waals surface area (Å²) < 4.78 is 27.3. The molecule has 1 aromatic rings. The topological polar surface area (TPSA) is 66.4 Å². The fourth-order valence-corrected chi connectivity index (χ4v) is 3.99. The van der Waals surface area contributed by atoms with Gasteiger partial charge in [0.2, 0.25) is 10.0 Å². The summed E-state index contributed by atoms with van der Waals surface area (Å²) in [5, 5.41) is 8.79. The quantitative estimate of drug-likeness (QED) is 0.844. The first-order valence-electron chi connectivity index (χ1n) is 7.28. The SMILES string of the molecule is CC(CCCO)NS(=O)(=O)c1ccc2c(c1)CCCC2. The maximum atomic E-state index is 12.3. The van der Waals surface area contributed by atoms with E-state index in [2.05, 4.69) is 4.72 Å². The number of aryl methyl sites for hydroxylation is 2. The number of nitrogens with one attached hydrogen (secondary N) is 1. The minimum atomic E-state index is -3.46. The molecule has 0 spiro atoms. The summed E-state index contributed by atoms with van der Waals surface area (Å²) in [6, 6.07) is 5.30. The van der Waals surface area contributed by atoms with E-state index < -0.39 is 10.0 Å². The Labute approximate surface area is 121 Å². The molecule has 0 saturated carbocycles. The highest BCUT2D eigenvalue weighted by Gasteiger charge is 2.19. The minimum absolute atomic E-state index is 0.0882. The van der Waals surface area contributed by atoms with Gasteiger partial charge in [-0.05, 0) is 68.7 Å². The van der Waals surface area contributed by atoms with Crippen molar-refractivity contribution in [1.82, 2.24) is 4.72 Å². The molecule has 0 fully saturated rings. The van der Waals surface area contributed by atoms with Crippen molar-refractivity contribution in [2.45, 2.75) is 56.4 Å². The Morgan fingerprint density at radius 2 is 1.95 bits per heavy atom. The third-order valence-electron chi connectivity index (χ3n) is 3.78. The molecule has 5 heteroatoms. The van der Waals surface area contributed by atoms with E-state index in [9.17, 15) is 8.42 Å². The molecule has 1 atom stereocenters. The molecule has 0 aromatic heterocycles. The molecule has 0 aliphatic heterocycles. The molecule has 0 amide bonds. The molecule has 4 nitrogen and oxygen atoms in total. The maximum absolute atomic E-state index is 12.3. The highest BCUT2D eigenvalue weighted by Crippen LogP contribution is 2.24. The van der Waals surface area contributed by atoms with Gasteiger partial charge in [-0.1, -0.05) is 6.07 Å². The standard InChI is InChI=1S/C15H23NO3S/c1-12(5-4-10-17)16-20(18,19)15-9-8-13-6-2-3-7-14(13)11-15/h8-9,11-12,16-17H,2-7,10H2,1H3. The average molecular weight is 297 g/mol. The van der Waals surface area contributed by atoms with Crippen LogP contribution in [0, 0.1) is 0 Å². The first kappa shape index (κ1) is 15.5. The zero-order valence-corrected chi connectivity index (χ0v) is 12.7. The molecule has 20 heavy (non-hydrogen) atoms. The molecule has 112 valence electrons. The third kappa shape index (κ3) is 3.81. The van der Waals surface area contributed by atoms with E-state index in [0.29, 0.717) is 17.7 Å². The van der Waals surface area contributed by atoms with Crippen molar-refractivity contribution < 1.29 is 13.5 Å². The lowest BCUT2D eigenvalue weighted by Crippen LogP contribution is -2.32. The third-order valence-corrected chi connectivity index (χ3v) is 5.37. The van der Waals surface area contributed by atoms with E-state index in [1.54, 1.807) is 6.07 Å². The first-order chi connectivity index (χ1) is 9.53. The number of sulfonamides is 1. The monoisotopic (exact) mass is 297 g/mol. The molecule has 1 aliphatic carbocycles. The van der Waals surface area contributed by atoms with E-state index in [1.807, 2.05) is 19.1 Å². The summed E-state index contributed by atoms with van der Waals surface area (Å²) in [7, 11) is -3.46. The largest absolute Gasteiger partial charge is 0.396 e. The number of benzene rings is 1. The molecule has 1 unspecified atom stereocenters. The van der Waals surface area contributed by atoms with Crippen molar-refractivity contribution in [3.8, 4) is 0 Å². The molecule has 0 bridgehead atoms. The number of rotatable bonds is 6. The fourth-order valence-electron chi connectivity index (χ4n) is 2.67. The minimum Gasteiger partial charge on any atom is -0.396 e. The van der Waals surface area contributed by atoms with Gasteiger partial charge in [-0.15, -0.1) is 0 Å². The van der Waals surface area contributed by atoms with Crippen LogP contribution in [0.25, 0.3) is 0 Å². The maximum Gasteiger partial charge on any atom is 0.240 e. The number of fused-ring (bicyclic) bond motifs is 1. The highest BCUT2D eigenvalue weighted by atomic mass is 32.2. The van der Waals surface area contributed by atoms with Gasteiger partial charge in [0, 0.05) is 12.6 Å². The lowest BCUT2D eigenvalue weighted by Gasteiger charge is -2.18. The summed E-state index contributed by atoms with van der Waals surface area (Å²) >= 11 is 0. The van der Waals surface area contributed by atoms with Gasteiger partial charge in [0.25, 0.3) is 0 Å². The number of aliphatic hydroxyl groups excluding tert-OH is 1. The van der Waals surface area contributed by atoms with Gasteiger partial charge in [0.1, 0.15) is 0 Å². The van der Waals surface area contributed by atoms with Crippen molar-refractivity contribution in [1.29, 1.82) is 0 Å². The van der Waals surface area contributed by atoms with Gasteiger partial charge in [-0.25, -0.2) is 13.1 Å². The molecule has 1 aliphatic rings. The van der Waals surface area contributed by atoms with E-state index >= 15 is 0 Å². The van der Waals surface area contributed by atoms with Crippen LogP contribution in [0.4, 0.5) is 0 Å². The fraction of sp³-hybridized carbons (Fsp3) is 0.600. The lowest BCUT2D eigenvalue weighted by atomic mass is 9.92. The average Bonchev–Trinajstić information content (AvgIpc) is 2.44. The number of hydrogen-bond donors (Lipinski definition) is 2. The van der Waals surface area contributed by atoms with Gasteiger partial charge in [0.05, 0.1) is 4.90 Å². The van der Waals surface area contributed by atoms with E-state index in [0.717, 1.165) is 19.3 Å². The number of aliphatic hydroxyl groups is 1. The molecule has 0 radical (unpaired) electrons. The van der Waals surface area contributed by atoms with E-state index in [-0.39, 0.29) is 12.6 Å². The van der Waals surface area contributed by atoms with Crippen molar-refractivity contribution in [3.05, 3.63) is 29.3 Å². The summed E-state index contributed by atoms with van der Waals surface area (Å²) in [4.78, 5) is 0.356. The Bertz CT molecular complexity index is 554. The predicted octanol–water partition coefficient (Wildman–Crippen LogP) is 2.00. The summed E-state index contributed by atoms with van der Waals surface area (Å²) in [6.07, 6.45) is 5.59. The molecule has 1 aromatic carbocycles. The van der Waals surface area contributed by atoms with Crippen molar-refractivity contribution in [3.63, 3.8) is 0 Å². The lowest BCUT2D eigenvalue weighted by molar-refractivity contribution is 0.279. The Morgan fingerprint density at radius 1 is 1.25 bits per heavy atom. The molecule has 2 N–H and O–H groups in total. The summed E-state index contributed by atoms with van der Waals surface area (Å²) in [5.74, 6) is 0. The van der Waals surface area contributed by atoms with Crippen LogP contribution in [0.2, 0.25) is 0 Å². The smallest absolute Gasteiger partial charge is 0.240 e. The van der Waals surface area contributed by atoms with Gasteiger partial charge in [-0.3, -0.25) is 0 Å². The van der Waals surface area contributed by atoms with Crippen LogP contribution >= 0.6 is 0 Å². The first-order valence-corrected chi connectivity index (χ1v) is 8.76. The van der Waals surface area contributed by atoms with Gasteiger partial charge in [0.15, 0.2) is 0 Å². The highest BCUT2D eigenvalue weighted by molar-refractivity contribution is 7.89. The second-order valence-electron chi connectivity index (χ2n) is 5.53. The zero-order chi connectivity index (χ0) is 14.6. The molecular formula is C15H23NO3S. The van der Waals surface area contributed by atoms with Crippen molar-refractivity contribution >= 4 is 10.0 Å². The molecule has 2 rings (SSSR count). The van der Waals surface area contributed by atoms with Crippen LogP contribution in [0.3, 0.4) is 0 Å². The second-order valence-corrected chi connectivity index (χ2v) is 7.24. The number of hydrogen-bond acceptors (Lipinski definition) is 3. The molecule has 0 heterocycles. The van der Waals surface area contributed by atoms with E-state index in [1.165, 1.54) is 17.5 Å². The van der Waals surface area contributed by atoms with Crippen LogP contribution in [-0.2, 0) is 22.9 Å². The van der Waals surface area contributed by atoms with Crippen LogP contribution in [0.15, 0.2) is 23.1 Å². The van der Waals surface area contributed by atoms with Crippen LogP contribution in [0.5, 0.6) is 0 Å². The van der Waals surface area contributed by atoms with Gasteiger partial charge < -0.3 is 5.11 Å². The van der Waals surface area contributed by atoms with Crippen LogP contribution < -0.4 is 4.72 Å².